The van der Waals surface area contributed by atoms with Gasteiger partial charge in [0.1, 0.15) is 11.8 Å². The van der Waals surface area contributed by atoms with E-state index in [1.807, 2.05) is 12.3 Å². The van der Waals surface area contributed by atoms with Gasteiger partial charge in [-0.25, -0.2) is 19.6 Å². The molecule has 0 aromatic carbocycles. The molecule has 1 N–H and O–H groups in total. The van der Waals surface area contributed by atoms with Crippen LogP contribution in [0.3, 0.4) is 0 Å². The lowest BCUT2D eigenvalue weighted by atomic mass is 10.1. The average Bonchev–Trinajstić information content (AvgIpc) is 2.97. The van der Waals surface area contributed by atoms with Gasteiger partial charge in [0.2, 0.25) is 0 Å². The summed E-state index contributed by atoms with van der Waals surface area (Å²) in [6.45, 7) is 4.22. The minimum absolute atomic E-state index is 0.398. The number of hydrogen-bond donors (Lipinski definition) is 1. The highest BCUT2D eigenvalue weighted by molar-refractivity contribution is 5.77. The molecule has 3 aromatic heterocycles. The third-order valence-electron chi connectivity index (χ3n) is 2.62. The molecule has 86 valence electrons. The van der Waals surface area contributed by atoms with Crippen molar-refractivity contribution in [2.24, 2.45) is 0 Å². The fourth-order valence-electron chi connectivity index (χ4n) is 1.69. The molecule has 0 bridgehead atoms. The molecule has 0 atom stereocenters. The lowest BCUT2D eigenvalue weighted by Crippen LogP contribution is -2.01. The molecular weight excluding hydrogens is 216 g/mol. The fourth-order valence-corrected chi connectivity index (χ4v) is 1.69. The van der Waals surface area contributed by atoms with Crippen molar-refractivity contribution in [3.05, 3.63) is 30.6 Å². The fraction of sp³-hybridized carbons (Fsp3) is 0.273. The van der Waals surface area contributed by atoms with E-state index in [2.05, 4.69) is 38.9 Å². The highest BCUT2D eigenvalue weighted by Gasteiger charge is 2.10. The number of H-pyrrole nitrogens is 1. The topological polar surface area (TPSA) is 72.3 Å². The Balaban J connectivity index is 2.16. The Bertz CT molecular complexity index is 651. The van der Waals surface area contributed by atoms with E-state index in [9.17, 15) is 0 Å². The number of rotatable bonds is 2. The Morgan fingerprint density at radius 2 is 2.12 bits per heavy atom. The molecule has 0 radical (unpaired) electrons. The van der Waals surface area contributed by atoms with E-state index in [0.717, 1.165) is 17.0 Å². The molecule has 6 heteroatoms. The van der Waals surface area contributed by atoms with Gasteiger partial charge in [-0.2, -0.15) is 5.10 Å². The van der Waals surface area contributed by atoms with Crippen LogP contribution in [0.15, 0.2) is 24.9 Å². The van der Waals surface area contributed by atoms with Gasteiger partial charge in [0, 0.05) is 6.20 Å². The minimum Gasteiger partial charge on any atom is -0.340 e. The van der Waals surface area contributed by atoms with Crippen molar-refractivity contribution < 1.29 is 0 Å². The van der Waals surface area contributed by atoms with Crippen LogP contribution >= 0.6 is 0 Å². The molecule has 0 aliphatic rings. The Kier molecular flexibility index (Phi) is 2.14. The summed E-state index contributed by atoms with van der Waals surface area (Å²) in [6, 6.07) is 2.00. The molecule has 0 spiro atoms. The predicted octanol–water partition coefficient (Wildman–Crippen LogP) is 1.66. The molecular formula is C11H12N6. The van der Waals surface area contributed by atoms with Crippen molar-refractivity contribution in [3.63, 3.8) is 0 Å². The van der Waals surface area contributed by atoms with Crippen LogP contribution in [0.5, 0.6) is 0 Å². The molecule has 0 unspecified atom stereocenters. The van der Waals surface area contributed by atoms with Gasteiger partial charge in [-0.1, -0.05) is 13.8 Å². The first kappa shape index (κ1) is 9.95. The largest absolute Gasteiger partial charge is 0.340 e. The van der Waals surface area contributed by atoms with Gasteiger partial charge in [0.15, 0.2) is 11.5 Å². The van der Waals surface area contributed by atoms with Crippen molar-refractivity contribution >= 4 is 11.2 Å². The van der Waals surface area contributed by atoms with Crippen molar-refractivity contribution in [1.29, 1.82) is 0 Å². The Labute approximate surface area is 97.7 Å². The van der Waals surface area contributed by atoms with Crippen LogP contribution in [0.2, 0.25) is 0 Å². The molecule has 3 aromatic rings. The Morgan fingerprint density at radius 3 is 2.88 bits per heavy atom. The number of nitrogens with one attached hydrogen (secondary N) is 1. The van der Waals surface area contributed by atoms with Gasteiger partial charge in [0.25, 0.3) is 0 Å². The average molecular weight is 228 g/mol. The highest BCUT2D eigenvalue weighted by Crippen LogP contribution is 2.16. The van der Waals surface area contributed by atoms with Crippen LogP contribution in [0.25, 0.3) is 17.0 Å². The summed E-state index contributed by atoms with van der Waals surface area (Å²) >= 11 is 0. The lowest BCUT2D eigenvalue weighted by Gasteiger charge is -2.01. The van der Waals surface area contributed by atoms with Gasteiger partial charge in [0.05, 0.1) is 12.0 Å². The van der Waals surface area contributed by atoms with Gasteiger partial charge < -0.3 is 4.98 Å². The zero-order chi connectivity index (χ0) is 11.8. The normalized spacial score (nSPS) is 11.5. The maximum absolute atomic E-state index is 4.49. The second-order valence-electron chi connectivity index (χ2n) is 4.14. The second-order valence-corrected chi connectivity index (χ2v) is 4.14. The first-order valence-corrected chi connectivity index (χ1v) is 5.45. The molecule has 0 saturated carbocycles. The molecule has 17 heavy (non-hydrogen) atoms. The molecule has 0 aliphatic carbocycles. The summed E-state index contributed by atoms with van der Waals surface area (Å²) < 4.78 is 1.75. The summed E-state index contributed by atoms with van der Waals surface area (Å²) in [4.78, 5) is 15.4. The smallest absolute Gasteiger partial charge is 0.182 e. The van der Waals surface area contributed by atoms with E-state index in [1.54, 1.807) is 11.0 Å². The van der Waals surface area contributed by atoms with E-state index < -0.39 is 0 Å². The predicted molar refractivity (Wildman–Crippen MR) is 62.9 cm³/mol. The van der Waals surface area contributed by atoms with Crippen LogP contribution in [0.4, 0.5) is 0 Å². The molecule has 0 aliphatic heterocycles. The zero-order valence-electron chi connectivity index (χ0n) is 9.62. The maximum atomic E-state index is 4.49. The van der Waals surface area contributed by atoms with E-state index in [4.69, 9.17) is 0 Å². The van der Waals surface area contributed by atoms with Gasteiger partial charge in [-0.15, -0.1) is 0 Å². The SMILES string of the molecule is CC(C)c1ccn(-c2ncnc3nc[nH]c23)n1. The number of nitrogens with zero attached hydrogens (tertiary/aromatic N) is 5. The summed E-state index contributed by atoms with van der Waals surface area (Å²) in [6.07, 6.45) is 5.00. The molecule has 0 fully saturated rings. The number of aromatic nitrogens is 6. The van der Waals surface area contributed by atoms with E-state index in [1.165, 1.54) is 6.33 Å². The maximum Gasteiger partial charge on any atom is 0.182 e. The summed E-state index contributed by atoms with van der Waals surface area (Å²) in [5.41, 5.74) is 2.48. The minimum atomic E-state index is 0.398. The van der Waals surface area contributed by atoms with Crippen LogP contribution in [-0.4, -0.2) is 29.7 Å². The molecule has 3 heterocycles. The van der Waals surface area contributed by atoms with Crippen molar-refractivity contribution in [3.8, 4) is 5.82 Å². The van der Waals surface area contributed by atoms with E-state index >= 15 is 0 Å². The summed E-state index contributed by atoms with van der Waals surface area (Å²) in [5.74, 6) is 1.12. The van der Waals surface area contributed by atoms with E-state index in [-0.39, 0.29) is 0 Å². The third kappa shape index (κ3) is 1.57. The monoisotopic (exact) mass is 228 g/mol. The standard InChI is InChI=1S/C11H12N6/c1-7(2)8-3-4-17(16-8)11-9-10(13-5-12-9)14-6-15-11/h3-7H,1-2H3,(H,12,13,14,15). The summed E-state index contributed by atoms with van der Waals surface area (Å²) in [5, 5.41) is 4.49. The third-order valence-corrected chi connectivity index (χ3v) is 2.62. The number of aromatic amines is 1. The quantitative estimate of drug-likeness (QED) is 0.724. The molecule has 6 nitrogen and oxygen atoms in total. The lowest BCUT2D eigenvalue weighted by molar-refractivity contribution is 0.759. The Morgan fingerprint density at radius 1 is 1.24 bits per heavy atom. The van der Waals surface area contributed by atoms with E-state index in [0.29, 0.717) is 11.6 Å². The van der Waals surface area contributed by atoms with Crippen LogP contribution in [0, 0.1) is 0 Å². The first-order chi connectivity index (χ1) is 8.25. The number of hydrogen-bond acceptors (Lipinski definition) is 4. The Hall–Kier alpha value is -2.24. The van der Waals surface area contributed by atoms with Crippen LogP contribution in [-0.2, 0) is 0 Å². The zero-order valence-corrected chi connectivity index (χ0v) is 9.62. The summed E-state index contributed by atoms with van der Waals surface area (Å²) in [7, 11) is 0. The van der Waals surface area contributed by atoms with Gasteiger partial charge >= 0.3 is 0 Å². The van der Waals surface area contributed by atoms with Gasteiger partial charge in [-0.3, -0.25) is 0 Å². The highest BCUT2D eigenvalue weighted by atomic mass is 15.3. The van der Waals surface area contributed by atoms with Crippen molar-refractivity contribution in [1.82, 2.24) is 29.7 Å². The second kappa shape index (κ2) is 3.65. The van der Waals surface area contributed by atoms with Gasteiger partial charge in [-0.05, 0) is 12.0 Å². The molecule has 3 rings (SSSR count). The number of imidazole rings is 1. The molecule has 0 saturated heterocycles. The van der Waals surface area contributed by atoms with Crippen LogP contribution < -0.4 is 0 Å². The number of fused-ring (bicyclic) bond motifs is 1. The van der Waals surface area contributed by atoms with Crippen molar-refractivity contribution in [2.75, 3.05) is 0 Å². The molecule has 0 amide bonds. The first-order valence-electron chi connectivity index (χ1n) is 5.45. The van der Waals surface area contributed by atoms with Crippen LogP contribution in [0.1, 0.15) is 25.5 Å². The van der Waals surface area contributed by atoms with Crippen molar-refractivity contribution in [2.45, 2.75) is 19.8 Å².